The molecule has 0 aliphatic carbocycles. The van der Waals surface area contributed by atoms with Gasteiger partial charge in [-0.15, -0.1) is 0 Å². The number of allylic oxidation sites excluding steroid dienone is 1. The molecule has 0 radical (unpaired) electrons. The van der Waals surface area contributed by atoms with Crippen LogP contribution in [0.15, 0.2) is 85.6 Å². The van der Waals surface area contributed by atoms with Crippen molar-refractivity contribution in [3.8, 4) is 33.8 Å². The lowest BCUT2D eigenvalue weighted by Gasteiger charge is -2.15. The highest BCUT2D eigenvalue weighted by atomic mass is 19.1. The maximum Gasteiger partial charge on any atom is 0.159 e. The average molecular weight is 504 g/mol. The van der Waals surface area contributed by atoms with E-state index in [1.807, 2.05) is 18.3 Å². The van der Waals surface area contributed by atoms with Crippen LogP contribution in [0, 0.1) is 11.7 Å². The SMILES string of the molecule is C=C(Nc1cncc(-c2ccc3[nH]nc(-c4nc5c(-c6ccc(F)cc6)cncc5[nH]4)c3c2)c1)C(C)CC. The number of nitrogens with one attached hydrogen (secondary N) is 3. The summed E-state index contributed by atoms with van der Waals surface area (Å²) >= 11 is 0. The zero-order chi connectivity index (χ0) is 26.2. The minimum absolute atomic E-state index is 0.285. The molecule has 1 atom stereocenters. The summed E-state index contributed by atoms with van der Waals surface area (Å²) in [6.45, 7) is 8.46. The van der Waals surface area contributed by atoms with E-state index >= 15 is 0 Å². The van der Waals surface area contributed by atoms with Crippen molar-refractivity contribution in [1.82, 2.24) is 30.1 Å². The Bertz CT molecular complexity index is 1780. The monoisotopic (exact) mass is 503 g/mol. The van der Waals surface area contributed by atoms with Gasteiger partial charge in [-0.05, 0) is 53.8 Å². The molecule has 6 rings (SSSR count). The summed E-state index contributed by atoms with van der Waals surface area (Å²) in [4.78, 5) is 17.0. The number of imidazole rings is 1. The van der Waals surface area contributed by atoms with Gasteiger partial charge in [0.1, 0.15) is 11.5 Å². The number of nitrogens with zero attached hydrogens (tertiary/aromatic N) is 4. The molecular formula is C30H26FN7. The lowest BCUT2D eigenvalue weighted by molar-refractivity contribution is 0.628. The highest BCUT2D eigenvalue weighted by Crippen LogP contribution is 2.33. The summed E-state index contributed by atoms with van der Waals surface area (Å²) in [7, 11) is 0. The predicted molar refractivity (Wildman–Crippen MR) is 150 cm³/mol. The fourth-order valence-corrected chi connectivity index (χ4v) is 4.48. The van der Waals surface area contributed by atoms with Crippen LogP contribution in [0.1, 0.15) is 20.3 Å². The molecule has 0 aliphatic heterocycles. The maximum atomic E-state index is 13.5. The largest absolute Gasteiger partial charge is 0.358 e. The molecule has 0 fully saturated rings. The first-order valence-electron chi connectivity index (χ1n) is 12.5. The first kappa shape index (κ1) is 23.5. The summed E-state index contributed by atoms with van der Waals surface area (Å²) in [5, 5.41) is 12.0. The van der Waals surface area contributed by atoms with Crippen molar-refractivity contribution in [2.75, 3.05) is 5.32 Å². The van der Waals surface area contributed by atoms with Crippen LogP contribution in [0.25, 0.3) is 55.7 Å². The van der Waals surface area contributed by atoms with E-state index < -0.39 is 0 Å². The summed E-state index contributed by atoms with van der Waals surface area (Å²) in [5.41, 5.74) is 8.65. The molecule has 4 heterocycles. The number of hydrogen-bond acceptors (Lipinski definition) is 5. The van der Waals surface area contributed by atoms with Gasteiger partial charge in [-0.1, -0.05) is 38.6 Å². The topological polar surface area (TPSA) is 95.2 Å². The van der Waals surface area contributed by atoms with E-state index in [0.717, 1.165) is 62.0 Å². The third-order valence-corrected chi connectivity index (χ3v) is 6.92. The Kier molecular flexibility index (Phi) is 5.92. The Morgan fingerprint density at radius 2 is 1.74 bits per heavy atom. The molecule has 7 nitrogen and oxygen atoms in total. The second kappa shape index (κ2) is 9.55. The number of aromatic amines is 2. The van der Waals surface area contributed by atoms with Crippen LogP contribution in [0.2, 0.25) is 0 Å². The molecule has 3 N–H and O–H groups in total. The number of fused-ring (bicyclic) bond motifs is 2. The highest BCUT2D eigenvalue weighted by molar-refractivity contribution is 5.98. The zero-order valence-electron chi connectivity index (χ0n) is 21.1. The molecule has 0 amide bonds. The van der Waals surface area contributed by atoms with E-state index in [1.54, 1.807) is 30.7 Å². The van der Waals surface area contributed by atoms with Crippen LogP contribution in [0.4, 0.5) is 10.1 Å². The lowest BCUT2D eigenvalue weighted by atomic mass is 10.0. The van der Waals surface area contributed by atoms with Crippen molar-refractivity contribution in [3.05, 3.63) is 91.4 Å². The van der Waals surface area contributed by atoms with Crippen molar-refractivity contribution >= 4 is 27.6 Å². The van der Waals surface area contributed by atoms with Crippen LogP contribution in [-0.2, 0) is 0 Å². The Morgan fingerprint density at radius 1 is 0.947 bits per heavy atom. The lowest BCUT2D eigenvalue weighted by Crippen LogP contribution is -2.06. The van der Waals surface area contributed by atoms with E-state index in [-0.39, 0.29) is 5.82 Å². The molecule has 0 spiro atoms. The molecule has 1 unspecified atom stereocenters. The van der Waals surface area contributed by atoms with Crippen molar-refractivity contribution in [3.63, 3.8) is 0 Å². The van der Waals surface area contributed by atoms with Gasteiger partial charge in [0.2, 0.25) is 0 Å². The summed E-state index contributed by atoms with van der Waals surface area (Å²) in [6, 6.07) is 14.5. The fraction of sp³-hybridized carbons (Fsp3) is 0.133. The van der Waals surface area contributed by atoms with Gasteiger partial charge >= 0.3 is 0 Å². The minimum Gasteiger partial charge on any atom is -0.358 e. The van der Waals surface area contributed by atoms with Gasteiger partial charge in [0.25, 0.3) is 0 Å². The van der Waals surface area contributed by atoms with E-state index in [1.165, 1.54) is 12.1 Å². The van der Waals surface area contributed by atoms with Crippen molar-refractivity contribution in [2.24, 2.45) is 5.92 Å². The maximum absolute atomic E-state index is 13.5. The van der Waals surface area contributed by atoms with E-state index in [0.29, 0.717) is 17.4 Å². The second-order valence-corrected chi connectivity index (χ2v) is 9.43. The van der Waals surface area contributed by atoms with Gasteiger partial charge in [0.05, 0.1) is 34.6 Å². The number of halogens is 1. The van der Waals surface area contributed by atoms with Gasteiger partial charge in [-0.3, -0.25) is 15.1 Å². The summed E-state index contributed by atoms with van der Waals surface area (Å²) < 4.78 is 13.5. The minimum atomic E-state index is -0.285. The number of hydrogen-bond donors (Lipinski definition) is 3. The Morgan fingerprint density at radius 3 is 2.55 bits per heavy atom. The predicted octanol–water partition coefficient (Wildman–Crippen LogP) is 7.34. The van der Waals surface area contributed by atoms with Crippen LogP contribution in [0.5, 0.6) is 0 Å². The van der Waals surface area contributed by atoms with Gasteiger partial charge in [0, 0.05) is 34.6 Å². The molecular weight excluding hydrogens is 477 g/mol. The van der Waals surface area contributed by atoms with Crippen molar-refractivity contribution in [2.45, 2.75) is 20.3 Å². The van der Waals surface area contributed by atoms with Gasteiger partial charge in [-0.25, -0.2) is 9.37 Å². The third kappa shape index (κ3) is 4.30. The summed E-state index contributed by atoms with van der Waals surface area (Å²) in [5.74, 6) is 0.705. The van der Waals surface area contributed by atoms with E-state index in [4.69, 9.17) is 4.98 Å². The number of H-pyrrole nitrogens is 2. The smallest absolute Gasteiger partial charge is 0.159 e. The Hall–Kier alpha value is -4.85. The van der Waals surface area contributed by atoms with Crippen molar-refractivity contribution < 1.29 is 4.39 Å². The summed E-state index contributed by atoms with van der Waals surface area (Å²) in [6.07, 6.45) is 8.14. The zero-order valence-corrected chi connectivity index (χ0v) is 21.1. The molecule has 0 saturated carbocycles. The molecule has 0 bridgehead atoms. The molecule has 0 aliphatic rings. The molecule has 8 heteroatoms. The van der Waals surface area contributed by atoms with Crippen LogP contribution >= 0.6 is 0 Å². The van der Waals surface area contributed by atoms with Crippen LogP contribution in [-0.4, -0.2) is 30.1 Å². The molecule has 4 aromatic heterocycles. The number of benzene rings is 2. The first-order chi connectivity index (χ1) is 18.5. The molecule has 38 heavy (non-hydrogen) atoms. The van der Waals surface area contributed by atoms with Gasteiger partial charge < -0.3 is 10.3 Å². The second-order valence-electron chi connectivity index (χ2n) is 9.43. The van der Waals surface area contributed by atoms with Crippen LogP contribution in [0.3, 0.4) is 0 Å². The number of pyridine rings is 2. The third-order valence-electron chi connectivity index (χ3n) is 6.92. The number of aromatic nitrogens is 6. The molecule has 2 aromatic carbocycles. The number of anilines is 1. The van der Waals surface area contributed by atoms with Gasteiger partial charge in [-0.2, -0.15) is 5.10 Å². The molecule has 0 saturated heterocycles. The Labute approximate surface area is 218 Å². The van der Waals surface area contributed by atoms with Crippen LogP contribution < -0.4 is 5.32 Å². The molecule has 188 valence electrons. The Balaban J connectivity index is 1.39. The highest BCUT2D eigenvalue weighted by Gasteiger charge is 2.16. The number of rotatable bonds is 7. The first-order valence-corrected chi connectivity index (χ1v) is 12.5. The standard InChI is InChI=1S/C30H26FN7/c1-4-17(2)18(3)34-23-11-21(13-32-14-23)20-7-10-26-24(12-20)29(38-37-26)30-35-27-16-33-15-25(28(27)36-30)19-5-8-22(31)9-6-19/h5-17,34H,3-4H2,1-2H3,(H,35,36)(H,37,38). The van der Waals surface area contributed by atoms with E-state index in [9.17, 15) is 4.39 Å². The van der Waals surface area contributed by atoms with Crippen molar-refractivity contribution in [1.29, 1.82) is 0 Å². The average Bonchev–Trinajstić information content (AvgIpc) is 3.57. The molecule has 6 aromatic rings. The fourth-order valence-electron chi connectivity index (χ4n) is 4.48. The normalized spacial score (nSPS) is 12.2. The van der Waals surface area contributed by atoms with E-state index in [2.05, 4.69) is 63.0 Å². The quantitative estimate of drug-likeness (QED) is 0.212. The van der Waals surface area contributed by atoms with Gasteiger partial charge in [0.15, 0.2) is 5.82 Å².